The van der Waals surface area contributed by atoms with E-state index in [1.165, 1.54) is 11.8 Å². The van der Waals surface area contributed by atoms with Gasteiger partial charge in [0.1, 0.15) is 5.82 Å². The lowest BCUT2D eigenvalue weighted by Gasteiger charge is -2.17. The fraction of sp³-hybridized carbons (Fsp3) is 0.417. The quantitative estimate of drug-likeness (QED) is 0.754. The topological polar surface area (TPSA) is 61.4 Å². The molecule has 0 aliphatic heterocycles. The number of hydrogen-bond donors (Lipinski definition) is 3. The summed E-state index contributed by atoms with van der Waals surface area (Å²) in [5.74, 6) is -1.17. The predicted molar refractivity (Wildman–Crippen MR) is 77.4 cm³/mol. The number of carbonyl (C=O) groups is 1. The Balaban J connectivity index is 2.70. The summed E-state index contributed by atoms with van der Waals surface area (Å²) in [5.41, 5.74) is -0.280. The van der Waals surface area contributed by atoms with Gasteiger partial charge in [-0.15, -0.1) is 0 Å². The Morgan fingerprint density at radius 2 is 2.20 bits per heavy atom. The summed E-state index contributed by atoms with van der Waals surface area (Å²) in [6.45, 7) is -0.0722. The number of anilines is 1. The van der Waals surface area contributed by atoms with Crippen molar-refractivity contribution in [2.75, 3.05) is 23.9 Å². The van der Waals surface area contributed by atoms with Crippen LogP contribution in [0.15, 0.2) is 12.1 Å². The van der Waals surface area contributed by atoms with Gasteiger partial charge in [0.25, 0.3) is 0 Å². The average molecular weight is 325 g/mol. The Morgan fingerprint density at radius 1 is 1.50 bits per heavy atom. The van der Waals surface area contributed by atoms with Crippen molar-refractivity contribution < 1.29 is 18.7 Å². The van der Waals surface area contributed by atoms with E-state index in [0.29, 0.717) is 18.2 Å². The third-order valence-corrected chi connectivity index (χ3v) is 3.46. The number of thioether (sulfide) groups is 1. The molecule has 0 saturated heterocycles. The lowest BCUT2D eigenvalue weighted by atomic mass is 10.2. The minimum Gasteiger partial charge on any atom is -0.396 e. The second-order valence-corrected chi connectivity index (χ2v) is 5.33. The van der Waals surface area contributed by atoms with Crippen LogP contribution < -0.4 is 10.6 Å². The summed E-state index contributed by atoms with van der Waals surface area (Å²) in [6, 6.07) is 0.629. The summed E-state index contributed by atoms with van der Waals surface area (Å²) in [4.78, 5) is 11.7. The molecule has 112 valence electrons. The molecule has 2 amide bonds. The molecule has 0 spiro atoms. The molecular formula is C12H15ClF2N2O2S. The zero-order valence-electron chi connectivity index (χ0n) is 10.8. The molecule has 3 N–H and O–H groups in total. The highest BCUT2D eigenvalue weighted by Gasteiger charge is 2.15. The SMILES string of the molecule is CSCC(CCO)NC(=O)Nc1c(F)cc(F)cc1Cl. The van der Waals surface area contributed by atoms with Gasteiger partial charge >= 0.3 is 6.03 Å². The van der Waals surface area contributed by atoms with Gasteiger partial charge in [0, 0.05) is 24.5 Å². The first-order valence-electron chi connectivity index (χ1n) is 5.79. The van der Waals surface area contributed by atoms with Gasteiger partial charge in [0.15, 0.2) is 5.82 Å². The lowest BCUT2D eigenvalue weighted by molar-refractivity contribution is 0.241. The third-order valence-electron chi connectivity index (χ3n) is 2.43. The number of carbonyl (C=O) groups excluding carboxylic acids is 1. The van der Waals surface area contributed by atoms with Crippen molar-refractivity contribution in [3.63, 3.8) is 0 Å². The largest absolute Gasteiger partial charge is 0.396 e. The van der Waals surface area contributed by atoms with Crippen LogP contribution in [0.3, 0.4) is 0 Å². The molecule has 0 heterocycles. The Morgan fingerprint density at radius 3 is 2.75 bits per heavy atom. The standard InChI is InChI=1S/C12H15ClF2N2O2S/c1-20-6-8(2-3-18)16-12(19)17-11-9(13)4-7(14)5-10(11)15/h4-5,8,18H,2-3,6H2,1H3,(H2,16,17,19). The molecule has 1 rings (SSSR count). The van der Waals surface area contributed by atoms with Crippen LogP contribution in [0.1, 0.15) is 6.42 Å². The Kier molecular flexibility index (Phi) is 7.04. The summed E-state index contributed by atoms with van der Waals surface area (Å²) < 4.78 is 26.4. The minimum atomic E-state index is -0.950. The van der Waals surface area contributed by atoms with E-state index in [1.807, 2.05) is 6.26 Å². The maximum absolute atomic E-state index is 13.5. The van der Waals surface area contributed by atoms with Crippen LogP contribution in [0.25, 0.3) is 0 Å². The first-order valence-corrected chi connectivity index (χ1v) is 7.57. The van der Waals surface area contributed by atoms with Gasteiger partial charge in [0.05, 0.1) is 10.7 Å². The van der Waals surface area contributed by atoms with E-state index >= 15 is 0 Å². The fourth-order valence-electron chi connectivity index (χ4n) is 1.55. The summed E-state index contributed by atoms with van der Waals surface area (Å²) in [7, 11) is 0. The number of hydrogen-bond acceptors (Lipinski definition) is 3. The number of rotatable bonds is 6. The molecule has 1 unspecified atom stereocenters. The fourth-order valence-corrected chi connectivity index (χ4v) is 2.44. The summed E-state index contributed by atoms with van der Waals surface area (Å²) >= 11 is 7.17. The zero-order chi connectivity index (χ0) is 15.1. The highest BCUT2D eigenvalue weighted by Crippen LogP contribution is 2.26. The highest BCUT2D eigenvalue weighted by molar-refractivity contribution is 7.98. The molecule has 0 saturated carbocycles. The summed E-state index contributed by atoms with van der Waals surface area (Å²) in [5, 5.41) is 13.5. The third kappa shape index (κ3) is 5.15. The van der Waals surface area contributed by atoms with Gasteiger partial charge in [-0.1, -0.05) is 11.6 Å². The number of aliphatic hydroxyl groups excluding tert-OH is 1. The molecule has 4 nitrogen and oxygen atoms in total. The van der Waals surface area contributed by atoms with Gasteiger partial charge in [0.2, 0.25) is 0 Å². The molecule has 0 radical (unpaired) electrons. The molecule has 0 aliphatic carbocycles. The lowest BCUT2D eigenvalue weighted by Crippen LogP contribution is -2.40. The van der Waals surface area contributed by atoms with Crippen molar-refractivity contribution in [3.8, 4) is 0 Å². The normalized spacial score (nSPS) is 12.1. The number of nitrogens with one attached hydrogen (secondary N) is 2. The minimum absolute atomic E-state index is 0.0722. The molecule has 20 heavy (non-hydrogen) atoms. The molecule has 1 atom stereocenters. The molecule has 0 fully saturated rings. The van der Waals surface area contributed by atoms with Crippen molar-refractivity contribution in [2.24, 2.45) is 0 Å². The van der Waals surface area contributed by atoms with E-state index in [1.54, 1.807) is 0 Å². The maximum Gasteiger partial charge on any atom is 0.319 e. The first-order chi connectivity index (χ1) is 9.47. The van der Waals surface area contributed by atoms with Crippen molar-refractivity contribution in [2.45, 2.75) is 12.5 Å². The molecule has 1 aromatic rings. The molecule has 0 bridgehead atoms. The smallest absolute Gasteiger partial charge is 0.319 e. The van der Waals surface area contributed by atoms with E-state index in [9.17, 15) is 13.6 Å². The van der Waals surface area contributed by atoms with Gasteiger partial charge in [-0.05, 0) is 18.7 Å². The molecule has 0 aromatic heterocycles. The monoisotopic (exact) mass is 324 g/mol. The van der Waals surface area contributed by atoms with E-state index in [2.05, 4.69) is 10.6 Å². The van der Waals surface area contributed by atoms with Crippen LogP contribution in [0.4, 0.5) is 19.3 Å². The first kappa shape index (κ1) is 17.0. The molecule has 8 heteroatoms. The van der Waals surface area contributed by atoms with Crippen LogP contribution in [0.2, 0.25) is 5.02 Å². The number of urea groups is 1. The Hall–Kier alpha value is -1.05. The van der Waals surface area contributed by atoms with Gasteiger partial charge in [-0.2, -0.15) is 11.8 Å². The number of aliphatic hydroxyl groups is 1. The van der Waals surface area contributed by atoms with Crippen LogP contribution >= 0.6 is 23.4 Å². The zero-order valence-corrected chi connectivity index (χ0v) is 12.3. The van der Waals surface area contributed by atoms with Crippen LogP contribution in [0, 0.1) is 11.6 Å². The van der Waals surface area contributed by atoms with Gasteiger partial charge in [-0.3, -0.25) is 0 Å². The Labute approximate surface area is 124 Å². The van der Waals surface area contributed by atoms with Gasteiger partial charge in [-0.25, -0.2) is 13.6 Å². The molecule has 1 aromatic carbocycles. The average Bonchev–Trinajstić information content (AvgIpc) is 2.34. The van der Waals surface area contributed by atoms with E-state index < -0.39 is 17.7 Å². The predicted octanol–water partition coefficient (Wildman–Crippen LogP) is 2.85. The second-order valence-electron chi connectivity index (χ2n) is 4.01. The van der Waals surface area contributed by atoms with E-state index in [-0.39, 0.29) is 23.4 Å². The summed E-state index contributed by atoms with van der Waals surface area (Å²) in [6.07, 6.45) is 2.24. The molecule has 0 aliphatic rings. The van der Waals surface area contributed by atoms with Crippen molar-refractivity contribution in [3.05, 3.63) is 28.8 Å². The maximum atomic E-state index is 13.5. The van der Waals surface area contributed by atoms with E-state index in [0.717, 1.165) is 6.07 Å². The van der Waals surface area contributed by atoms with Crippen LogP contribution in [-0.4, -0.2) is 35.8 Å². The number of amides is 2. The Bertz CT molecular complexity index is 448. The van der Waals surface area contributed by atoms with Crippen molar-refractivity contribution in [1.29, 1.82) is 0 Å². The van der Waals surface area contributed by atoms with Crippen molar-refractivity contribution in [1.82, 2.24) is 5.32 Å². The van der Waals surface area contributed by atoms with Crippen LogP contribution in [-0.2, 0) is 0 Å². The van der Waals surface area contributed by atoms with Gasteiger partial charge < -0.3 is 15.7 Å². The number of benzene rings is 1. The van der Waals surface area contributed by atoms with Crippen molar-refractivity contribution >= 4 is 35.1 Å². The molecular weight excluding hydrogens is 310 g/mol. The van der Waals surface area contributed by atoms with Crippen LogP contribution in [0.5, 0.6) is 0 Å². The number of halogens is 3. The second kappa shape index (κ2) is 8.28. The highest BCUT2D eigenvalue weighted by atomic mass is 35.5. The van der Waals surface area contributed by atoms with E-state index in [4.69, 9.17) is 16.7 Å².